The van der Waals surface area contributed by atoms with Gasteiger partial charge in [0.25, 0.3) is 11.8 Å². The maximum absolute atomic E-state index is 12.6. The van der Waals surface area contributed by atoms with E-state index in [0.717, 1.165) is 0 Å². The summed E-state index contributed by atoms with van der Waals surface area (Å²) < 4.78 is 0. The van der Waals surface area contributed by atoms with Crippen LogP contribution in [0, 0.1) is 0 Å². The molecule has 0 atom stereocenters. The maximum atomic E-state index is 12.6. The molecule has 0 spiro atoms. The molecule has 0 unspecified atom stereocenters. The van der Waals surface area contributed by atoms with Crippen molar-refractivity contribution < 1.29 is 9.59 Å². The lowest BCUT2D eigenvalue weighted by Crippen LogP contribution is -2.46. The molecule has 0 aliphatic carbocycles. The van der Waals surface area contributed by atoms with Crippen LogP contribution in [-0.4, -0.2) is 35.8 Å². The molecule has 2 aromatic carbocycles. The van der Waals surface area contributed by atoms with Gasteiger partial charge in [0, 0.05) is 29.7 Å². The Morgan fingerprint density at radius 2 is 1.59 bits per heavy atom. The lowest BCUT2D eigenvalue weighted by Gasteiger charge is -2.32. The van der Waals surface area contributed by atoms with Gasteiger partial charge in [-0.2, -0.15) is 0 Å². The second kappa shape index (κ2) is 8.70. The number of hydrogen-bond donors (Lipinski definition) is 1. The zero-order valence-electron chi connectivity index (χ0n) is 14.1. The molecular formula is C19H16Cl4N2O2. The van der Waals surface area contributed by atoms with E-state index in [9.17, 15) is 9.59 Å². The summed E-state index contributed by atoms with van der Waals surface area (Å²) in [4.78, 5) is 26.7. The molecule has 8 heteroatoms. The van der Waals surface area contributed by atoms with Crippen LogP contribution in [0.15, 0.2) is 36.4 Å². The number of carbonyl (C=O) groups excluding carboxylic acids is 2. The second-order valence-corrected chi connectivity index (χ2v) is 7.95. The number of carbonyl (C=O) groups is 2. The number of nitrogens with zero attached hydrogens (tertiary/aromatic N) is 1. The Bertz CT molecular complexity index is 880. The van der Waals surface area contributed by atoms with Gasteiger partial charge in [-0.3, -0.25) is 9.59 Å². The third kappa shape index (κ3) is 4.88. The zero-order valence-corrected chi connectivity index (χ0v) is 17.2. The monoisotopic (exact) mass is 444 g/mol. The number of amides is 2. The third-order valence-electron chi connectivity index (χ3n) is 4.46. The molecule has 3 rings (SSSR count). The molecule has 0 radical (unpaired) electrons. The van der Waals surface area contributed by atoms with Crippen molar-refractivity contribution in [1.82, 2.24) is 10.2 Å². The number of piperidine rings is 1. The maximum Gasteiger partial charge on any atom is 0.253 e. The minimum absolute atomic E-state index is 0.0258. The minimum atomic E-state index is -0.245. The van der Waals surface area contributed by atoms with E-state index in [1.54, 1.807) is 35.2 Å². The normalized spacial score (nSPS) is 14.9. The van der Waals surface area contributed by atoms with E-state index in [2.05, 4.69) is 5.32 Å². The van der Waals surface area contributed by atoms with Gasteiger partial charge in [0.2, 0.25) is 0 Å². The highest BCUT2D eigenvalue weighted by Gasteiger charge is 2.25. The molecule has 2 amide bonds. The Balaban J connectivity index is 1.57. The van der Waals surface area contributed by atoms with Crippen molar-refractivity contribution in [2.75, 3.05) is 13.1 Å². The average molecular weight is 446 g/mol. The van der Waals surface area contributed by atoms with Crippen LogP contribution >= 0.6 is 46.4 Å². The molecule has 1 aliphatic rings. The fraction of sp³-hybridized carbons (Fsp3) is 0.263. The first kappa shape index (κ1) is 20.3. The van der Waals surface area contributed by atoms with E-state index >= 15 is 0 Å². The van der Waals surface area contributed by atoms with Gasteiger partial charge in [-0.25, -0.2) is 0 Å². The molecule has 0 aromatic heterocycles. The average Bonchev–Trinajstić information content (AvgIpc) is 2.64. The van der Waals surface area contributed by atoms with Crippen molar-refractivity contribution in [3.8, 4) is 0 Å². The number of nitrogens with one attached hydrogen (secondary N) is 1. The number of benzene rings is 2. The molecule has 1 aliphatic heterocycles. The van der Waals surface area contributed by atoms with Gasteiger partial charge in [-0.1, -0.05) is 46.4 Å². The Morgan fingerprint density at radius 1 is 0.889 bits per heavy atom. The molecular weight excluding hydrogens is 430 g/mol. The van der Waals surface area contributed by atoms with E-state index in [1.807, 2.05) is 0 Å². The van der Waals surface area contributed by atoms with Crippen LogP contribution in [0.25, 0.3) is 0 Å². The third-order valence-corrected chi connectivity index (χ3v) is 5.75. The highest BCUT2D eigenvalue weighted by molar-refractivity contribution is 6.42. The Morgan fingerprint density at radius 3 is 2.22 bits per heavy atom. The summed E-state index contributed by atoms with van der Waals surface area (Å²) in [5.74, 6) is -0.343. The predicted molar refractivity (Wildman–Crippen MR) is 109 cm³/mol. The number of likely N-dealkylation sites (tertiary alicyclic amines) is 1. The van der Waals surface area contributed by atoms with Crippen LogP contribution in [0.4, 0.5) is 0 Å². The zero-order chi connectivity index (χ0) is 19.6. The summed E-state index contributed by atoms with van der Waals surface area (Å²) >= 11 is 23.8. The summed E-state index contributed by atoms with van der Waals surface area (Å²) in [6.45, 7) is 1.08. The van der Waals surface area contributed by atoms with E-state index in [-0.39, 0.29) is 17.9 Å². The quantitative estimate of drug-likeness (QED) is 0.693. The van der Waals surface area contributed by atoms with Crippen molar-refractivity contribution in [1.29, 1.82) is 0 Å². The highest BCUT2D eigenvalue weighted by Crippen LogP contribution is 2.25. The van der Waals surface area contributed by atoms with E-state index in [0.29, 0.717) is 57.1 Å². The van der Waals surface area contributed by atoms with Crippen LogP contribution < -0.4 is 5.32 Å². The second-order valence-electron chi connectivity index (χ2n) is 6.29. The molecule has 0 saturated carbocycles. The first-order chi connectivity index (χ1) is 12.8. The first-order valence-electron chi connectivity index (χ1n) is 8.35. The largest absolute Gasteiger partial charge is 0.349 e. The predicted octanol–water partition coefficient (Wildman–Crippen LogP) is 5.33. The van der Waals surface area contributed by atoms with Gasteiger partial charge in [-0.05, 0) is 49.2 Å². The Hall–Kier alpha value is -1.46. The van der Waals surface area contributed by atoms with E-state index in [4.69, 9.17) is 46.4 Å². The van der Waals surface area contributed by atoms with Crippen LogP contribution in [-0.2, 0) is 0 Å². The topological polar surface area (TPSA) is 49.4 Å². The lowest BCUT2D eigenvalue weighted by atomic mass is 10.0. The fourth-order valence-corrected chi connectivity index (χ4v) is 3.77. The minimum Gasteiger partial charge on any atom is -0.349 e. The van der Waals surface area contributed by atoms with Gasteiger partial charge in [0.05, 0.1) is 20.6 Å². The molecule has 1 N–H and O–H groups in total. The van der Waals surface area contributed by atoms with Crippen molar-refractivity contribution in [3.63, 3.8) is 0 Å². The van der Waals surface area contributed by atoms with Crippen molar-refractivity contribution >= 4 is 58.2 Å². The molecule has 2 aromatic rings. The first-order valence-corrected chi connectivity index (χ1v) is 9.86. The SMILES string of the molecule is O=C(NC1CCN(C(=O)c2ccc(Cl)c(Cl)c2)CC1)c1ccc(Cl)cc1Cl. The Labute approximate surface area is 177 Å². The van der Waals surface area contributed by atoms with Gasteiger partial charge >= 0.3 is 0 Å². The van der Waals surface area contributed by atoms with Crippen LogP contribution in [0.3, 0.4) is 0 Å². The highest BCUT2D eigenvalue weighted by atomic mass is 35.5. The van der Waals surface area contributed by atoms with Crippen molar-refractivity contribution in [2.24, 2.45) is 0 Å². The Kier molecular flexibility index (Phi) is 6.53. The number of hydrogen-bond acceptors (Lipinski definition) is 2. The molecule has 1 heterocycles. The van der Waals surface area contributed by atoms with Gasteiger partial charge < -0.3 is 10.2 Å². The molecule has 142 valence electrons. The molecule has 0 bridgehead atoms. The summed E-state index contributed by atoms with van der Waals surface area (Å²) in [6, 6.07) is 9.58. The standard InChI is InChI=1S/C19H16Cl4N2O2/c20-12-2-3-14(16(22)10-12)18(26)24-13-5-7-25(8-6-13)19(27)11-1-4-15(21)17(23)9-11/h1-4,9-10,13H,5-8H2,(H,24,26). The van der Waals surface area contributed by atoms with Gasteiger partial charge in [0.15, 0.2) is 0 Å². The summed E-state index contributed by atoms with van der Waals surface area (Å²) in [7, 11) is 0. The number of rotatable bonds is 3. The number of halogens is 4. The van der Waals surface area contributed by atoms with Crippen LogP contribution in [0.5, 0.6) is 0 Å². The van der Waals surface area contributed by atoms with E-state index < -0.39 is 0 Å². The van der Waals surface area contributed by atoms with Crippen LogP contribution in [0.2, 0.25) is 20.1 Å². The summed E-state index contributed by atoms with van der Waals surface area (Å²) in [6.07, 6.45) is 1.31. The fourth-order valence-electron chi connectivity index (χ4n) is 2.98. The summed E-state index contributed by atoms with van der Waals surface area (Å²) in [5, 5.41) is 4.52. The molecule has 1 fully saturated rings. The van der Waals surface area contributed by atoms with E-state index in [1.165, 1.54) is 6.07 Å². The van der Waals surface area contributed by atoms with Gasteiger partial charge in [-0.15, -0.1) is 0 Å². The summed E-state index contributed by atoms with van der Waals surface area (Å²) in [5.41, 5.74) is 0.884. The van der Waals surface area contributed by atoms with Crippen LogP contribution in [0.1, 0.15) is 33.6 Å². The molecule has 1 saturated heterocycles. The van der Waals surface area contributed by atoms with Gasteiger partial charge in [0.1, 0.15) is 0 Å². The molecule has 27 heavy (non-hydrogen) atoms. The smallest absolute Gasteiger partial charge is 0.253 e. The molecule has 4 nitrogen and oxygen atoms in total. The van der Waals surface area contributed by atoms with Crippen molar-refractivity contribution in [2.45, 2.75) is 18.9 Å². The lowest BCUT2D eigenvalue weighted by molar-refractivity contribution is 0.0698. The van der Waals surface area contributed by atoms with Crippen molar-refractivity contribution in [3.05, 3.63) is 67.6 Å².